The van der Waals surface area contributed by atoms with E-state index in [9.17, 15) is 13.2 Å². The molecule has 1 amide bonds. The van der Waals surface area contributed by atoms with Crippen LogP contribution >= 0.6 is 0 Å². The molecule has 7 heteroatoms. The first-order chi connectivity index (χ1) is 13.8. The molecule has 0 bridgehead atoms. The van der Waals surface area contributed by atoms with Crippen molar-refractivity contribution in [2.45, 2.75) is 38.5 Å². The molecule has 0 radical (unpaired) electrons. The van der Waals surface area contributed by atoms with E-state index in [0.29, 0.717) is 38.3 Å². The number of nitrogens with one attached hydrogen (secondary N) is 1. The Morgan fingerprint density at radius 1 is 1.10 bits per heavy atom. The second-order valence-electron chi connectivity index (χ2n) is 7.39. The van der Waals surface area contributed by atoms with Crippen LogP contribution in [0.5, 0.6) is 5.75 Å². The maximum absolute atomic E-state index is 12.9. The van der Waals surface area contributed by atoms with E-state index in [1.807, 2.05) is 39.0 Å². The average molecular weight is 417 g/mol. The number of amides is 1. The summed E-state index contributed by atoms with van der Waals surface area (Å²) in [4.78, 5) is 12.9. The number of sulfonamides is 1. The molecule has 0 atom stereocenters. The number of ether oxygens (including phenoxy) is 1. The van der Waals surface area contributed by atoms with Crippen molar-refractivity contribution in [2.75, 3.05) is 25.0 Å². The van der Waals surface area contributed by atoms with Crippen molar-refractivity contribution >= 4 is 21.6 Å². The van der Waals surface area contributed by atoms with Gasteiger partial charge in [0.1, 0.15) is 5.75 Å². The summed E-state index contributed by atoms with van der Waals surface area (Å²) in [7, 11) is -3.57. The first kappa shape index (κ1) is 21.3. The summed E-state index contributed by atoms with van der Waals surface area (Å²) in [6.45, 7) is 7.06. The number of aryl methyl sites for hydroxylation is 2. The Hall–Kier alpha value is -2.38. The fourth-order valence-electron chi connectivity index (χ4n) is 3.57. The fraction of sp³-hybridized carbons (Fsp3) is 0.409. The topological polar surface area (TPSA) is 75.7 Å². The molecule has 0 spiro atoms. The number of hydrogen-bond acceptors (Lipinski definition) is 4. The molecule has 0 aromatic heterocycles. The second-order valence-corrected chi connectivity index (χ2v) is 9.33. The molecule has 1 fully saturated rings. The minimum absolute atomic E-state index is 0.0462. The molecule has 2 aromatic carbocycles. The molecular weight excluding hydrogens is 388 g/mol. The third-order valence-corrected chi connectivity index (χ3v) is 7.15. The predicted octanol–water partition coefficient (Wildman–Crippen LogP) is 3.74. The fourth-order valence-corrected chi connectivity index (χ4v) is 5.04. The zero-order chi connectivity index (χ0) is 21.0. The molecule has 156 valence electrons. The molecule has 0 saturated carbocycles. The van der Waals surface area contributed by atoms with Crippen molar-refractivity contribution in [1.29, 1.82) is 0 Å². The number of anilines is 1. The van der Waals surface area contributed by atoms with Gasteiger partial charge in [0.2, 0.25) is 15.9 Å². The van der Waals surface area contributed by atoms with E-state index >= 15 is 0 Å². The summed E-state index contributed by atoms with van der Waals surface area (Å²) >= 11 is 0. The van der Waals surface area contributed by atoms with Gasteiger partial charge in [0.05, 0.1) is 11.5 Å². The van der Waals surface area contributed by atoms with Gasteiger partial charge in [-0.05, 0) is 69.5 Å². The Morgan fingerprint density at radius 2 is 1.76 bits per heavy atom. The van der Waals surface area contributed by atoms with Gasteiger partial charge in [0.15, 0.2) is 0 Å². The summed E-state index contributed by atoms with van der Waals surface area (Å²) in [5, 5.41) is 2.99. The third kappa shape index (κ3) is 4.97. The van der Waals surface area contributed by atoms with Gasteiger partial charge < -0.3 is 10.1 Å². The van der Waals surface area contributed by atoms with Gasteiger partial charge in [-0.2, -0.15) is 4.31 Å². The number of benzene rings is 2. The van der Waals surface area contributed by atoms with E-state index in [-0.39, 0.29) is 16.7 Å². The van der Waals surface area contributed by atoms with Crippen LogP contribution in [0.2, 0.25) is 0 Å². The molecule has 0 unspecified atom stereocenters. The maximum atomic E-state index is 12.9. The highest BCUT2D eigenvalue weighted by molar-refractivity contribution is 7.89. The molecule has 2 aromatic rings. The van der Waals surface area contributed by atoms with Crippen LogP contribution in [0.25, 0.3) is 0 Å². The van der Waals surface area contributed by atoms with Gasteiger partial charge in [-0.1, -0.05) is 17.7 Å². The summed E-state index contributed by atoms with van der Waals surface area (Å²) in [5.41, 5.74) is 2.98. The van der Waals surface area contributed by atoms with Gasteiger partial charge in [-0.3, -0.25) is 4.79 Å². The van der Waals surface area contributed by atoms with Crippen molar-refractivity contribution in [3.63, 3.8) is 0 Å². The largest absolute Gasteiger partial charge is 0.494 e. The van der Waals surface area contributed by atoms with E-state index in [1.54, 1.807) is 24.3 Å². The summed E-state index contributed by atoms with van der Waals surface area (Å²) < 4.78 is 32.6. The average Bonchev–Trinajstić information content (AvgIpc) is 2.71. The van der Waals surface area contributed by atoms with Crippen molar-refractivity contribution in [3.05, 3.63) is 53.6 Å². The lowest BCUT2D eigenvalue weighted by molar-refractivity contribution is -0.120. The van der Waals surface area contributed by atoms with Gasteiger partial charge in [0.25, 0.3) is 0 Å². The van der Waals surface area contributed by atoms with E-state index in [1.165, 1.54) is 4.31 Å². The van der Waals surface area contributed by atoms with Crippen molar-refractivity contribution < 1.29 is 17.9 Å². The van der Waals surface area contributed by atoms with Crippen LogP contribution < -0.4 is 10.1 Å². The number of carbonyl (C=O) groups is 1. The van der Waals surface area contributed by atoms with Crippen LogP contribution in [0, 0.1) is 19.8 Å². The Morgan fingerprint density at radius 3 is 2.34 bits per heavy atom. The van der Waals surface area contributed by atoms with Crippen LogP contribution in [0.4, 0.5) is 5.69 Å². The lowest BCUT2D eigenvalue weighted by atomic mass is 9.97. The molecular formula is C22H28N2O4S. The summed E-state index contributed by atoms with van der Waals surface area (Å²) in [5.74, 6) is 0.408. The quantitative estimate of drug-likeness (QED) is 0.778. The van der Waals surface area contributed by atoms with Crippen LogP contribution in [0.3, 0.4) is 0 Å². The SMILES string of the molecule is CCOc1ccc(S(=O)(=O)N2CCC(C(=O)Nc3ccc(C)cc3C)CC2)cc1. The molecule has 1 saturated heterocycles. The van der Waals surface area contributed by atoms with Crippen LogP contribution in [0.15, 0.2) is 47.4 Å². The van der Waals surface area contributed by atoms with Crippen LogP contribution in [0.1, 0.15) is 30.9 Å². The Bertz CT molecular complexity index is 963. The van der Waals surface area contributed by atoms with Crippen molar-refractivity contribution in [1.82, 2.24) is 4.31 Å². The molecule has 1 heterocycles. The molecule has 1 N–H and O–H groups in total. The van der Waals surface area contributed by atoms with Gasteiger partial charge in [0, 0.05) is 24.7 Å². The smallest absolute Gasteiger partial charge is 0.243 e. The molecule has 6 nitrogen and oxygen atoms in total. The van der Waals surface area contributed by atoms with E-state index in [4.69, 9.17) is 4.74 Å². The van der Waals surface area contributed by atoms with Gasteiger partial charge >= 0.3 is 0 Å². The zero-order valence-corrected chi connectivity index (χ0v) is 18.0. The second kappa shape index (κ2) is 8.97. The van der Waals surface area contributed by atoms with Crippen LogP contribution in [-0.2, 0) is 14.8 Å². The molecule has 0 aliphatic carbocycles. The van der Waals surface area contributed by atoms with Gasteiger partial charge in [-0.15, -0.1) is 0 Å². The van der Waals surface area contributed by atoms with Crippen molar-refractivity contribution in [3.8, 4) is 5.75 Å². The monoisotopic (exact) mass is 416 g/mol. The zero-order valence-electron chi connectivity index (χ0n) is 17.1. The van der Waals surface area contributed by atoms with Gasteiger partial charge in [-0.25, -0.2) is 8.42 Å². The number of piperidine rings is 1. The Labute approximate surface area is 172 Å². The highest BCUT2D eigenvalue weighted by Gasteiger charge is 2.32. The van der Waals surface area contributed by atoms with Crippen molar-refractivity contribution in [2.24, 2.45) is 5.92 Å². The third-order valence-electron chi connectivity index (χ3n) is 5.24. The lowest BCUT2D eigenvalue weighted by Gasteiger charge is -2.30. The highest BCUT2D eigenvalue weighted by Crippen LogP contribution is 2.26. The standard InChI is InChI=1S/C22H28N2O4S/c1-4-28-19-6-8-20(9-7-19)29(26,27)24-13-11-18(12-14-24)22(25)23-21-10-5-16(2)15-17(21)3/h5-10,15,18H,4,11-14H2,1-3H3,(H,23,25). The summed E-state index contributed by atoms with van der Waals surface area (Å²) in [6.07, 6.45) is 1.01. The van der Waals surface area contributed by atoms with E-state index < -0.39 is 10.0 Å². The molecule has 29 heavy (non-hydrogen) atoms. The number of nitrogens with zero attached hydrogens (tertiary/aromatic N) is 1. The van der Waals surface area contributed by atoms with E-state index in [0.717, 1.165) is 16.8 Å². The van der Waals surface area contributed by atoms with E-state index in [2.05, 4.69) is 5.32 Å². The number of carbonyl (C=O) groups excluding carboxylic acids is 1. The Balaban J connectivity index is 1.61. The first-order valence-electron chi connectivity index (χ1n) is 9.92. The minimum Gasteiger partial charge on any atom is -0.494 e. The minimum atomic E-state index is -3.57. The molecule has 3 rings (SSSR count). The maximum Gasteiger partial charge on any atom is 0.243 e. The van der Waals surface area contributed by atoms with Crippen LogP contribution in [-0.4, -0.2) is 38.3 Å². The lowest BCUT2D eigenvalue weighted by Crippen LogP contribution is -2.41. The summed E-state index contributed by atoms with van der Waals surface area (Å²) in [6, 6.07) is 12.4. The number of rotatable bonds is 6. The first-order valence-corrected chi connectivity index (χ1v) is 11.4. The Kier molecular flexibility index (Phi) is 6.59. The molecule has 1 aliphatic rings. The molecule has 1 aliphatic heterocycles. The highest BCUT2D eigenvalue weighted by atomic mass is 32.2. The normalized spacial score (nSPS) is 15.8. The number of hydrogen-bond donors (Lipinski definition) is 1. The predicted molar refractivity (Wildman–Crippen MR) is 114 cm³/mol.